The van der Waals surface area contributed by atoms with E-state index in [1.165, 1.54) is 0 Å². The second kappa shape index (κ2) is 6.78. The standard InChI is InChI=1S/C16H14N4O4/c21-15(22)14(20-18-12-8-4-5-9-13(12)19-20)17-16(23)24-10-11-6-2-1-3-7-11/h1-9,14H,10H2,(H,17,23)(H,21,22). The molecule has 0 spiro atoms. The molecule has 0 aliphatic carbocycles. The molecule has 2 aromatic carbocycles. The fourth-order valence-electron chi connectivity index (χ4n) is 2.09. The van der Waals surface area contributed by atoms with E-state index in [0.29, 0.717) is 11.0 Å². The summed E-state index contributed by atoms with van der Waals surface area (Å²) in [6.45, 7) is 0.0352. The molecule has 1 heterocycles. The van der Waals surface area contributed by atoms with E-state index in [1.807, 2.05) is 18.2 Å². The average Bonchev–Trinajstić information content (AvgIpc) is 3.02. The molecule has 0 fully saturated rings. The molecule has 0 aliphatic rings. The van der Waals surface area contributed by atoms with Crippen molar-refractivity contribution in [1.82, 2.24) is 20.3 Å². The van der Waals surface area contributed by atoms with Gasteiger partial charge in [-0.15, -0.1) is 4.80 Å². The van der Waals surface area contributed by atoms with Crippen LogP contribution >= 0.6 is 0 Å². The van der Waals surface area contributed by atoms with Gasteiger partial charge in [0.2, 0.25) is 6.17 Å². The summed E-state index contributed by atoms with van der Waals surface area (Å²) in [4.78, 5) is 24.2. The van der Waals surface area contributed by atoms with E-state index in [4.69, 9.17) is 4.74 Å². The van der Waals surface area contributed by atoms with Gasteiger partial charge in [-0.2, -0.15) is 10.2 Å². The van der Waals surface area contributed by atoms with Gasteiger partial charge in [-0.25, -0.2) is 9.59 Å². The van der Waals surface area contributed by atoms with Crippen LogP contribution in [0, 0.1) is 0 Å². The Bertz CT molecular complexity index is 830. The molecule has 1 atom stereocenters. The minimum Gasteiger partial charge on any atom is -0.478 e. The first kappa shape index (κ1) is 15.5. The van der Waals surface area contributed by atoms with E-state index < -0.39 is 18.2 Å². The van der Waals surface area contributed by atoms with Crippen molar-refractivity contribution in [2.75, 3.05) is 0 Å². The Morgan fingerprint density at radius 1 is 1.04 bits per heavy atom. The van der Waals surface area contributed by atoms with Crippen molar-refractivity contribution < 1.29 is 19.4 Å². The van der Waals surface area contributed by atoms with Crippen molar-refractivity contribution in [2.24, 2.45) is 0 Å². The van der Waals surface area contributed by atoms with Gasteiger partial charge in [-0.05, 0) is 17.7 Å². The summed E-state index contributed by atoms with van der Waals surface area (Å²) < 4.78 is 5.02. The Morgan fingerprint density at radius 2 is 1.62 bits per heavy atom. The average molecular weight is 326 g/mol. The molecule has 0 radical (unpaired) electrons. The predicted octanol–water partition coefficient (Wildman–Crippen LogP) is 1.94. The molecule has 1 aromatic heterocycles. The maximum atomic E-state index is 11.9. The van der Waals surface area contributed by atoms with Gasteiger partial charge in [-0.1, -0.05) is 42.5 Å². The van der Waals surface area contributed by atoms with Crippen LogP contribution in [0.15, 0.2) is 54.6 Å². The van der Waals surface area contributed by atoms with Gasteiger partial charge in [0.1, 0.15) is 17.6 Å². The lowest BCUT2D eigenvalue weighted by Crippen LogP contribution is -2.39. The number of carbonyl (C=O) groups excluding carboxylic acids is 1. The molecule has 0 bridgehead atoms. The molecule has 3 rings (SSSR count). The highest BCUT2D eigenvalue weighted by Crippen LogP contribution is 2.10. The molecule has 24 heavy (non-hydrogen) atoms. The minimum atomic E-state index is -1.46. The summed E-state index contributed by atoms with van der Waals surface area (Å²) in [5.41, 5.74) is 1.86. The van der Waals surface area contributed by atoms with E-state index >= 15 is 0 Å². The molecule has 3 aromatic rings. The molecule has 0 saturated carbocycles. The quantitative estimate of drug-likeness (QED) is 0.742. The number of carboxylic acid groups (broad SMARTS) is 1. The third-order valence-corrected chi connectivity index (χ3v) is 3.23. The second-order valence-corrected chi connectivity index (χ2v) is 4.96. The van der Waals surface area contributed by atoms with E-state index in [0.717, 1.165) is 10.4 Å². The van der Waals surface area contributed by atoms with Crippen LogP contribution in [0.1, 0.15) is 11.7 Å². The number of ether oxygens (including phenoxy) is 1. The molecule has 1 amide bonds. The lowest BCUT2D eigenvalue weighted by atomic mass is 10.2. The first-order valence-corrected chi connectivity index (χ1v) is 7.15. The number of nitrogens with zero attached hydrogens (tertiary/aromatic N) is 3. The number of amides is 1. The van der Waals surface area contributed by atoms with Crippen molar-refractivity contribution in [1.29, 1.82) is 0 Å². The zero-order valence-corrected chi connectivity index (χ0v) is 12.5. The zero-order chi connectivity index (χ0) is 16.9. The molecule has 0 aliphatic heterocycles. The largest absolute Gasteiger partial charge is 0.478 e. The highest BCUT2D eigenvalue weighted by Gasteiger charge is 2.25. The number of aliphatic carboxylic acids is 1. The van der Waals surface area contributed by atoms with Crippen molar-refractivity contribution >= 4 is 23.1 Å². The second-order valence-electron chi connectivity index (χ2n) is 4.96. The van der Waals surface area contributed by atoms with Gasteiger partial charge in [0.15, 0.2) is 0 Å². The highest BCUT2D eigenvalue weighted by atomic mass is 16.5. The number of alkyl carbamates (subject to hydrolysis) is 1. The summed E-state index contributed by atoms with van der Waals surface area (Å²) in [6.07, 6.45) is -2.33. The molecule has 2 N–H and O–H groups in total. The van der Waals surface area contributed by atoms with Crippen LogP contribution in [0.3, 0.4) is 0 Å². The molecule has 0 saturated heterocycles. The van der Waals surface area contributed by atoms with Gasteiger partial charge in [0, 0.05) is 0 Å². The number of carbonyl (C=O) groups is 2. The normalized spacial score (nSPS) is 11.8. The van der Waals surface area contributed by atoms with Crippen LogP contribution in [-0.2, 0) is 16.1 Å². The van der Waals surface area contributed by atoms with Gasteiger partial charge in [0.25, 0.3) is 0 Å². The van der Waals surface area contributed by atoms with Crippen LogP contribution in [0.4, 0.5) is 4.79 Å². The van der Waals surface area contributed by atoms with E-state index in [2.05, 4.69) is 15.5 Å². The molecule has 1 unspecified atom stereocenters. The van der Waals surface area contributed by atoms with Gasteiger partial charge in [-0.3, -0.25) is 5.32 Å². The first-order chi connectivity index (χ1) is 11.6. The maximum absolute atomic E-state index is 11.9. The van der Waals surface area contributed by atoms with Crippen LogP contribution < -0.4 is 5.32 Å². The molecule has 122 valence electrons. The fourth-order valence-corrected chi connectivity index (χ4v) is 2.09. The number of nitrogens with one attached hydrogen (secondary N) is 1. The zero-order valence-electron chi connectivity index (χ0n) is 12.5. The maximum Gasteiger partial charge on any atom is 0.409 e. The van der Waals surface area contributed by atoms with Crippen LogP contribution in [-0.4, -0.2) is 32.2 Å². The Kier molecular flexibility index (Phi) is 4.37. The minimum absolute atomic E-state index is 0.0352. The number of benzene rings is 2. The Labute approximate surface area is 136 Å². The summed E-state index contributed by atoms with van der Waals surface area (Å²) in [7, 11) is 0. The van der Waals surface area contributed by atoms with Crippen LogP contribution in [0.5, 0.6) is 0 Å². The SMILES string of the molecule is O=C(NC(C(=O)O)n1nc2ccccc2n1)OCc1ccccc1. The van der Waals surface area contributed by atoms with Gasteiger partial charge < -0.3 is 9.84 Å². The number of carboxylic acids is 1. The van der Waals surface area contributed by atoms with Crippen LogP contribution in [0.25, 0.3) is 11.0 Å². The lowest BCUT2D eigenvalue weighted by Gasteiger charge is -2.13. The van der Waals surface area contributed by atoms with Crippen LogP contribution in [0.2, 0.25) is 0 Å². The number of rotatable bonds is 5. The molecule has 8 heteroatoms. The highest BCUT2D eigenvalue weighted by molar-refractivity contribution is 5.79. The van der Waals surface area contributed by atoms with E-state index in [9.17, 15) is 14.7 Å². The summed E-state index contributed by atoms with van der Waals surface area (Å²) >= 11 is 0. The Balaban J connectivity index is 1.69. The van der Waals surface area contributed by atoms with E-state index in [1.54, 1.807) is 36.4 Å². The van der Waals surface area contributed by atoms with Crippen molar-refractivity contribution in [2.45, 2.75) is 12.8 Å². The third-order valence-electron chi connectivity index (χ3n) is 3.23. The monoisotopic (exact) mass is 326 g/mol. The van der Waals surface area contributed by atoms with Gasteiger partial charge in [0.05, 0.1) is 0 Å². The topological polar surface area (TPSA) is 106 Å². The Hall–Kier alpha value is -3.42. The Morgan fingerprint density at radius 3 is 2.21 bits per heavy atom. The fraction of sp³-hybridized carbons (Fsp3) is 0.125. The first-order valence-electron chi connectivity index (χ1n) is 7.15. The van der Waals surface area contributed by atoms with Crippen molar-refractivity contribution in [3.05, 3.63) is 60.2 Å². The molecular weight excluding hydrogens is 312 g/mol. The number of hydrogen-bond donors (Lipinski definition) is 2. The van der Waals surface area contributed by atoms with Gasteiger partial charge >= 0.3 is 12.1 Å². The number of aromatic nitrogens is 3. The van der Waals surface area contributed by atoms with Crippen molar-refractivity contribution in [3.8, 4) is 0 Å². The smallest absolute Gasteiger partial charge is 0.409 e. The number of fused-ring (bicyclic) bond motifs is 1. The summed E-state index contributed by atoms with van der Waals surface area (Å²) in [5.74, 6) is -1.30. The summed E-state index contributed by atoms with van der Waals surface area (Å²) in [6, 6.07) is 16.0. The number of hydrogen-bond acceptors (Lipinski definition) is 5. The molecular formula is C16H14N4O4. The summed E-state index contributed by atoms with van der Waals surface area (Å²) in [5, 5.41) is 19.7. The third kappa shape index (κ3) is 3.49. The predicted molar refractivity (Wildman–Crippen MR) is 84.0 cm³/mol. The van der Waals surface area contributed by atoms with Crippen molar-refractivity contribution in [3.63, 3.8) is 0 Å². The molecule has 8 nitrogen and oxygen atoms in total. The van der Waals surface area contributed by atoms with E-state index in [-0.39, 0.29) is 6.61 Å². The lowest BCUT2D eigenvalue weighted by molar-refractivity contribution is -0.142.